The zero-order chi connectivity index (χ0) is 15.2. The fourth-order valence-corrected chi connectivity index (χ4v) is 2.91. The smallest absolute Gasteiger partial charge is 0.203 e. The Bertz CT molecular complexity index is 439. The van der Waals surface area contributed by atoms with E-state index >= 15 is 0 Å². The van der Waals surface area contributed by atoms with Crippen LogP contribution in [0.25, 0.3) is 0 Å². The Labute approximate surface area is 126 Å². The van der Waals surface area contributed by atoms with Crippen LogP contribution in [0.4, 0.5) is 0 Å². The molecule has 1 heterocycles. The van der Waals surface area contributed by atoms with Crippen molar-refractivity contribution in [1.82, 2.24) is 4.90 Å². The summed E-state index contributed by atoms with van der Waals surface area (Å²) < 4.78 is 21.4. The normalized spacial score (nSPS) is 18.8. The Balaban J connectivity index is 2.10. The lowest BCUT2D eigenvalue weighted by Crippen LogP contribution is -2.21. The zero-order valence-corrected chi connectivity index (χ0v) is 13.3. The summed E-state index contributed by atoms with van der Waals surface area (Å²) in [5.74, 6) is 2.69. The molecule has 5 heteroatoms. The Kier molecular flexibility index (Phi) is 5.70. The molecule has 1 unspecified atom stereocenters. The van der Waals surface area contributed by atoms with Gasteiger partial charge in [-0.05, 0) is 36.6 Å². The second-order valence-corrected chi connectivity index (χ2v) is 5.38. The van der Waals surface area contributed by atoms with Gasteiger partial charge in [-0.25, -0.2) is 0 Å². The van der Waals surface area contributed by atoms with Gasteiger partial charge in [0.2, 0.25) is 5.75 Å². The predicted molar refractivity (Wildman–Crippen MR) is 81.4 cm³/mol. The first kappa shape index (κ1) is 15.9. The quantitative estimate of drug-likeness (QED) is 0.771. The summed E-state index contributed by atoms with van der Waals surface area (Å²) in [5, 5.41) is 0. The molecule has 118 valence electrons. The van der Waals surface area contributed by atoms with Gasteiger partial charge in [-0.3, -0.25) is 4.90 Å². The molecule has 1 aliphatic heterocycles. The summed E-state index contributed by atoms with van der Waals surface area (Å²) in [6.45, 7) is 3.90. The van der Waals surface area contributed by atoms with E-state index in [0.717, 1.165) is 26.2 Å². The number of ether oxygens (including phenoxy) is 4. The monoisotopic (exact) mass is 295 g/mol. The van der Waals surface area contributed by atoms with Crippen molar-refractivity contribution in [1.29, 1.82) is 0 Å². The maximum Gasteiger partial charge on any atom is 0.203 e. The molecule has 1 aromatic rings. The minimum Gasteiger partial charge on any atom is -0.493 e. The molecule has 0 aromatic heterocycles. The van der Waals surface area contributed by atoms with Crippen molar-refractivity contribution in [2.24, 2.45) is 5.92 Å². The van der Waals surface area contributed by atoms with Crippen LogP contribution in [0.5, 0.6) is 17.2 Å². The van der Waals surface area contributed by atoms with Gasteiger partial charge in [-0.15, -0.1) is 0 Å². The van der Waals surface area contributed by atoms with E-state index in [-0.39, 0.29) is 0 Å². The number of rotatable bonds is 7. The Hall–Kier alpha value is -1.46. The third-order valence-electron chi connectivity index (χ3n) is 3.90. The average Bonchev–Trinajstić information content (AvgIpc) is 2.93. The lowest BCUT2D eigenvalue weighted by molar-refractivity contribution is 0.152. The second kappa shape index (κ2) is 7.52. The average molecular weight is 295 g/mol. The minimum atomic E-state index is 0.636. The number of hydrogen-bond donors (Lipinski definition) is 0. The highest BCUT2D eigenvalue weighted by Crippen LogP contribution is 2.38. The molecule has 1 saturated heterocycles. The number of nitrogens with zero attached hydrogens (tertiary/aromatic N) is 1. The molecule has 0 amide bonds. The minimum absolute atomic E-state index is 0.636. The van der Waals surface area contributed by atoms with Crippen LogP contribution in [0.15, 0.2) is 12.1 Å². The molecule has 5 nitrogen and oxygen atoms in total. The van der Waals surface area contributed by atoms with Crippen LogP contribution >= 0.6 is 0 Å². The van der Waals surface area contributed by atoms with Crippen molar-refractivity contribution in [2.45, 2.75) is 13.0 Å². The summed E-state index contributed by atoms with van der Waals surface area (Å²) in [6, 6.07) is 4.04. The van der Waals surface area contributed by atoms with E-state index in [1.54, 1.807) is 28.4 Å². The van der Waals surface area contributed by atoms with Gasteiger partial charge in [0, 0.05) is 20.2 Å². The van der Waals surface area contributed by atoms with E-state index in [4.69, 9.17) is 18.9 Å². The number of methoxy groups -OCH3 is 4. The Morgan fingerprint density at radius 3 is 2.24 bits per heavy atom. The largest absolute Gasteiger partial charge is 0.493 e. The molecule has 2 rings (SSSR count). The predicted octanol–water partition coefficient (Wildman–Crippen LogP) is 2.18. The first-order valence-electron chi connectivity index (χ1n) is 7.22. The van der Waals surface area contributed by atoms with Crippen LogP contribution in [0.3, 0.4) is 0 Å². The highest BCUT2D eigenvalue weighted by atomic mass is 16.5. The van der Waals surface area contributed by atoms with Crippen LogP contribution in [0.1, 0.15) is 12.0 Å². The van der Waals surface area contributed by atoms with Crippen LogP contribution in [-0.4, -0.2) is 53.0 Å². The molecule has 0 aliphatic carbocycles. The molecule has 0 N–H and O–H groups in total. The molecule has 0 spiro atoms. The standard InChI is InChI=1S/C16H25NO4/c1-18-11-12-5-6-17(9-12)10-13-7-14(19-2)16(21-4)15(8-13)20-3/h7-8,12H,5-6,9-11H2,1-4H3. The fourth-order valence-electron chi connectivity index (χ4n) is 2.91. The Morgan fingerprint density at radius 2 is 1.71 bits per heavy atom. The van der Waals surface area contributed by atoms with Crippen molar-refractivity contribution < 1.29 is 18.9 Å². The van der Waals surface area contributed by atoms with Crippen LogP contribution in [-0.2, 0) is 11.3 Å². The van der Waals surface area contributed by atoms with Crippen LogP contribution < -0.4 is 14.2 Å². The summed E-state index contributed by atoms with van der Waals surface area (Å²) in [4.78, 5) is 2.43. The van der Waals surface area contributed by atoms with E-state index in [9.17, 15) is 0 Å². The van der Waals surface area contributed by atoms with Gasteiger partial charge in [-0.1, -0.05) is 0 Å². The van der Waals surface area contributed by atoms with Crippen molar-refractivity contribution in [3.05, 3.63) is 17.7 Å². The van der Waals surface area contributed by atoms with Crippen molar-refractivity contribution in [2.75, 3.05) is 48.1 Å². The third kappa shape index (κ3) is 3.80. The molecular formula is C16H25NO4. The topological polar surface area (TPSA) is 40.2 Å². The lowest BCUT2D eigenvalue weighted by Gasteiger charge is -2.19. The zero-order valence-electron chi connectivity index (χ0n) is 13.3. The number of likely N-dealkylation sites (tertiary alicyclic amines) is 1. The molecule has 0 bridgehead atoms. The van der Waals surface area contributed by atoms with Gasteiger partial charge in [0.25, 0.3) is 0 Å². The molecular weight excluding hydrogens is 270 g/mol. The van der Waals surface area contributed by atoms with E-state index in [2.05, 4.69) is 4.90 Å². The van der Waals surface area contributed by atoms with Crippen molar-refractivity contribution in [3.63, 3.8) is 0 Å². The van der Waals surface area contributed by atoms with E-state index in [1.807, 2.05) is 12.1 Å². The highest BCUT2D eigenvalue weighted by Gasteiger charge is 2.23. The molecule has 1 fully saturated rings. The van der Waals surface area contributed by atoms with Gasteiger partial charge in [-0.2, -0.15) is 0 Å². The van der Waals surface area contributed by atoms with Crippen molar-refractivity contribution >= 4 is 0 Å². The molecule has 1 aromatic carbocycles. The van der Waals surface area contributed by atoms with Crippen LogP contribution in [0.2, 0.25) is 0 Å². The molecule has 1 atom stereocenters. The van der Waals surface area contributed by atoms with Gasteiger partial charge < -0.3 is 18.9 Å². The van der Waals surface area contributed by atoms with Gasteiger partial charge in [0.05, 0.1) is 27.9 Å². The molecule has 1 aliphatic rings. The summed E-state index contributed by atoms with van der Waals surface area (Å²) in [6.07, 6.45) is 1.19. The fraction of sp³-hybridized carbons (Fsp3) is 0.625. The van der Waals surface area contributed by atoms with Crippen LogP contribution in [0, 0.1) is 5.92 Å². The summed E-state index contributed by atoms with van der Waals surface area (Å²) in [7, 11) is 6.68. The van der Waals surface area contributed by atoms with E-state index in [1.165, 1.54) is 12.0 Å². The maximum absolute atomic E-state index is 5.40. The lowest BCUT2D eigenvalue weighted by atomic mass is 10.1. The first-order chi connectivity index (χ1) is 10.2. The third-order valence-corrected chi connectivity index (χ3v) is 3.90. The number of benzene rings is 1. The maximum atomic E-state index is 5.40. The number of hydrogen-bond acceptors (Lipinski definition) is 5. The van der Waals surface area contributed by atoms with Gasteiger partial charge >= 0.3 is 0 Å². The van der Waals surface area contributed by atoms with E-state index < -0.39 is 0 Å². The molecule has 21 heavy (non-hydrogen) atoms. The summed E-state index contributed by atoms with van der Waals surface area (Å²) >= 11 is 0. The first-order valence-corrected chi connectivity index (χ1v) is 7.22. The van der Waals surface area contributed by atoms with E-state index in [0.29, 0.717) is 23.2 Å². The second-order valence-electron chi connectivity index (χ2n) is 5.38. The molecule has 0 radical (unpaired) electrons. The van der Waals surface area contributed by atoms with Gasteiger partial charge in [0.1, 0.15) is 0 Å². The van der Waals surface area contributed by atoms with Gasteiger partial charge in [0.15, 0.2) is 11.5 Å². The SMILES string of the molecule is COCC1CCN(Cc2cc(OC)c(OC)c(OC)c2)C1. The van der Waals surface area contributed by atoms with Crippen molar-refractivity contribution in [3.8, 4) is 17.2 Å². The highest BCUT2D eigenvalue weighted by molar-refractivity contribution is 5.53. The molecule has 0 saturated carbocycles. The Morgan fingerprint density at radius 1 is 1.05 bits per heavy atom. The summed E-state index contributed by atoms with van der Waals surface area (Å²) in [5.41, 5.74) is 1.17.